The summed E-state index contributed by atoms with van der Waals surface area (Å²) in [5.74, 6) is -0.374. The van der Waals surface area contributed by atoms with E-state index in [-0.39, 0.29) is 36.3 Å². The van der Waals surface area contributed by atoms with Crippen molar-refractivity contribution in [2.75, 3.05) is 18.1 Å². The fourth-order valence-electron chi connectivity index (χ4n) is 3.32. The summed E-state index contributed by atoms with van der Waals surface area (Å²) in [6.45, 7) is 3.60. The van der Waals surface area contributed by atoms with Gasteiger partial charge in [-0.25, -0.2) is 8.42 Å². The number of rotatable bonds is 8. The molecule has 0 radical (unpaired) electrons. The van der Waals surface area contributed by atoms with Crippen LogP contribution in [0.1, 0.15) is 32.6 Å². The minimum atomic E-state index is -3.12. The number of pyridine rings is 1. The third kappa shape index (κ3) is 5.41. The Morgan fingerprint density at radius 2 is 2.17 bits per heavy atom. The van der Waals surface area contributed by atoms with Crippen molar-refractivity contribution < 1.29 is 27.3 Å². The van der Waals surface area contributed by atoms with E-state index in [9.17, 15) is 18.0 Å². The number of carbonyl (C=O) groups excluding carboxylic acids is 2. The summed E-state index contributed by atoms with van der Waals surface area (Å²) in [5, 5.41) is 3.83. The van der Waals surface area contributed by atoms with E-state index in [1.54, 1.807) is 31.3 Å². The van der Waals surface area contributed by atoms with Crippen molar-refractivity contribution in [2.45, 2.75) is 45.3 Å². The van der Waals surface area contributed by atoms with Gasteiger partial charge in [0.15, 0.2) is 15.9 Å². The molecule has 0 aromatic carbocycles. The van der Waals surface area contributed by atoms with Gasteiger partial charge in [0.2, 0.25) is 11.7 Å². The van der Waals surface area contributed by atoms with E-state index in [1.807, 2.05) is 0 Å². The first-order valence-corrected chi connectivity index (χ1v) is 11.6. The second-order valence-corrected chi connectivity index (χ2v) is 9.27. The number of hydrogen-bond acceptors (Lipinski definition) is 9. The van der Waals surface area contributed by atoms with Gasteiger partial charge in [-0.05, 0) is 32.4 Å². The smallest absolute Gasteiger partial charge is 0.307 e. The lowest BCUT2D eigenvalue weighted by atomic mass is 10.2. The summed E-state index contributed by atoms with van der Waals surface area (Å²) < 4.78 is 33.8. The maximum atomic E-state index is 12.6. The third-order valence-corrected chi connectivity index (χ3v) is 6.58. The van der Waals surface area contributed by atoms with Gasteiger partial charge < -0.3 is 14.2 Å². The first-order chi connectivity index (χ1) is 14.3. The Labute approximate surface area is 174 Å². The molecule has 0 bridgehead atoms. The van der Waals surface area contributed by atoms with Gasteiger partial charge in [0.1, 0.15) is 5.69 Å². The zero-order valence-corrected chi connectivity index (χ0v) is 17.7. The molecule has 3 heterocycles. The SMILES string of the molecule is CCN(C(=O)C(C)OC(=O)CCc1nc(-c2ccccn2)no1)C1CCS(=O)(=O)C1. The molecule has 1 amide bonds. The molecule has 1 saturated heterocycles. The zero-order chi connectivity index (χ0) is 21.7. The van der Waals surface area contributed by atoms with Crippen LogP contribution >= 0.6 is 0 Å². The molecule has 2 atom stereocenters. The number of nitrogens with zero attached hydrogens (tertiary/aromatic N) is 4. The number of likely N-dealkylation sites (N-methyl/N-ethyl adjacent to an activating group) is 1. The summed E-state index contributed by atoms with van der Waals surface area (Å²) in [6, 6.07) is 4.94. The average molecular weight is 436 g/mol. The van der Waals surface area contributed by atoms with Gasteiger partial charge in [-0.15, -0.1) is 0 Å². The van der Waals surface area contributed by atoms with Gasteiger partial charge >= 0.3 is 5.97 Å². The van der Waals surface area contributed by atoms with E-state index in [0.717, 1.165) is 0 Å². The average Bonchev–Trinajstić information content (AvgIpc) is 3.34. The van der Waals surface area contributed by atoms with Gasteiger partial charge in [-0.3, -0.25) is 14.6 Å². The summed E-state index contributed by atoms with van der Waals surface area (Å²) in [6.07, 6.45) is 1.14. The fraction of sp³-hybridized carbons (Fsp3) is 0.526. The second-order valence-electron chi connectivity index (χ2n) is 7.04. The molecule has 2 aromatic rings. The molecule has 0 N–H and O–H groups in total. The van der Waals surface area contributed by atoms with Crippen LogP contribution in [0.2, 0.25) is 0 Å². The molecule has 1 aliphatic heterocycles. The standard InChI is InChI=1S/C19H24N4O6S/c1-3-23(14-9-11-30(26,27)12-14)19(25)13(2)28-17(24)8-7-16-21-18(22-29-16)15-6-4-5-10-20-15/h4-6,10,13-14H,3,7-9,11-12H2,1-2H3. The normalized spacial score (nSPS) is 18.7. The van der Waals surface area contributed by atoms with E-state index >= 15 is 0 Å². The van der Waals surface area contributed by atoms with Gasteiger partial charge in [-0.2, -0.15) is 4.98 Å². The van der Waals surface area contributed by atoms with E-state index in [4.69, 9.17) is 9.26 Å². The molecule has 1 aliphatic rings. The lowest BCUT2D eigenvalue weighted by Crippen LogP contribution is -2.46. The van der Waals surface area contributed by atoms with E-state index in [1.165, 1.54) is 11.8 Å². The van der Waals surface area contributed by atoms with Crippen molar-refractivity contribution >= 4 is 21.7 Å². The first-order valence-electron chi connectivity index (χ1n) is 9.73. The number of ether oxygens (including phenoxy) is 1. The van der Waals surface area contributed by atoms with Crippen LogP contribution in [0.3, 0.4) is 0 Å². The number of hydrogen-bond donors (Lipinski definition) is 0. The fourth-order valence-corrected chi connectivity index (χ4v) is 5.05. The summed E-state index contributed by atoms with van der Waals surface area (Å²) in [4.78, 5) is 34.6. The predicted octanol–water partition coefficient (Wildman–Crippen LogP) is 1.03. The van der Waals surface area contributed by atoms with Crippen LogP contribution < -0.4 is 0 Å². The van der Waals surface area contributed by atoms with Crippen molar-refractivity contribution in [3.05, 3.63) is 30.3 Å². The van der Waals surface area contributed by atoms with Gasteiger partial charge in [0.25, 0.3) is 5.91 Å². The molecule has 3 rings (SSSR count). The maximum Gasteiger partial charge on any atom is 0.307 e. The molecule has 0 aliphatic carbocycles. The molecule has 30 heavy (non-hydrogen) atoms. The predicted molar refractivity (Wildman–Crippen MR) is 106 cm³/mol. The highest BCUT2D eigenvalue weighted by molar-refractivity contribution is 7.91. The summed E-state index contributed by atoms with van der Waals surface area (Å²) in [5.41, 5.74) is 0.558. The largest absolute Gasteiger partial charge is 0.453 e. The Morgan fingerprint density at radius 3 is 2.80 bits per heavy atom. The van der Waals surface area contributed by atoms with Gasteiger partial charge in [-0.1, -0.05) is 11.2 Å². The van der Waals surface area contributed by atoms with Crippen molar-refractivity contribution in [1.82, 2.24) is 20.0 Å². The Kier molecular flexibility index (Phi) is 6.80. The highest BCUT2D eigenvalue weighted by Crippen LogP contribution is 2.19. The topological polar surface area (TPSA) is 133 Å². The molecular weight excluding hydrogens is 412 g/mol. The van der Waals surface area contributed by atoms with Crippen LogP contribution in [-0.4, -0.2) is 70.5 Å². The lowest BCUT2D eigenvalue weighted by molar-refractivity contribution is -0.160. The van der Waals surface area contributed by atoms with E-state index in [2.05, 4.69) is 15.1 Å². The molecule has 162 valence electrons. The molecule has 11 heteroatoms. The van der Waals surface area contributed by atoms with Gasteiger partial charge in [0, 0.05) is 25.2 Å². The number of carbonyl (C=O) groups is 2. The molecule has 10 nitrogen and oxygen atoms in total. The quantitative estimate of drug-likeness (QED) is 0.556. The maximum absolute atomic E-state index is 12.6. The van der Waals surface area contributed by atoms with Crippen LogP contribution in [0.4, 0.5) is 0 Å². The Bertz CT molecular complexity index is 991. The van der Waals surface area contributed by atoms with Crippen LogP contribution in [0.15, 0.2) is 28.9 Å². The molecule has 2 aromatic heterocycles. The van der Waals surface area contributed by atoms with Crippen LogP contribution in [-0.2, 0) is 30.6 Å². The van der Waals surface area contributed by atoms with Crippen molar-refractivity contribution in [3.63, 3.8) is 0 Å². The Balaban J connectivity index is 1.50. The van der Waals surface area contributed by atoms with E-state index < -0.39 is 27.8 Å². The van der Waals surface area contributed by atoms with Crippen LogP contribution in [0, 0.1) is 0 Å². The summed E-state index contributed by atoms with van der Waals surface area (Å²) in [7, 11) is -3.12. The number of aromatic nitrogens is 3. The van der Waals surface area contributed by atoms with Crippen molar-refractivity contribution in [1.29, 1.82) is 0 Å². The number of aryl methyl sites for hydroxylation is 1. The highest BCUT2D eigenvalue weighted by Gasteiger charge is 2.36. The first kappa shape index (κ1) is 21.9. The second kappa shape index (κ2) is 9.33. The molecular formula is C19H24N4O6S. The van der Waals surface area contributed by atoms with Crippen LogP contribution in [0.5, 0.6) is 0 Å². The zero-order valence-electron chi connectivity index (χ0n) is 16.9. The molecule has 2 unspecified atom stereocenters. The van der Waals surface area contributed by atoms with Crippen LogP contribution in [0.25, 0.3) is 11.5 Å². The lowest BCUT2D eigenvalue weighted by Gasteiger charge is -2.29. The Morgan fingerprint density at radius 1 is 1.37 bits per heavy atom. The molecule has 0 saturated carbocycles. The number of sulfone groups is 1. The van der Waals surface area contributed by atoms with Gasteiger partial charge in [0.05, 0.1) is 17.9 Å². The summed E-state index contributed by atoms with van der Waals surface area (Å²) >= 11 is 0. The molecule has 0 spiro atoms. The number of esters is 1. The number of amides is 1. The minimum Gasteiger partial charge on any atom is -0.453 e. The highest BCUT2D eigenvalue weighted by atomic mass is 32.2. The molecule has 1 fully saturated rings. The van der Waals surface area contributed by atoms with E-state index in [0.29, 0.717) is 24.5 Å². The Hall–Kier alpha value is -2.82. The van der Waals surface area contributed by atoms with Crippen molar-refractivity contribution in [3.8, 4) is 11.5 Å². The monoisotopic (exact) mass is 436 g/mol. The van der Waals surface area contributed by atoms with Crippen molar-refractivity contribution in [2.24, 2.45) is 0 Å². The third-order valence-electron chi connectivity index (χ3n) is 4.83. The minimum absolute atomic E-state index is 0.0363.